The number of anilines is 1. The van der Waals surface area contributed by atoms with Gasteiger partial charge in [0.05, 0.1) is 4.90 Å². The van der Waals surface area contributed by atoms with Crippen molar-refractivity contribution in [3.8, 4) is 0 Å². The first-order valence-corrected chi connectivity index (χ1v) is 8.85. The van der Waals surface area contributed by atoms with Crippen LogP contribution in [0.15, 0.2) is 27.6 Å². The highest BCUT2D eigenvalue weighted by Gasteiger charge is 2.30. The van der Waals surface area contributed by atoms with Crippen LogP contribution >= 0.6 is 15.9 Å². The van der Waals surface area contributed by atoms with Gasteiger partial charge in [-0.15, -0.1) is 0 Å². The van der Waals surface area contributed by atoms with E-state index in [4.69, 9.17) is 5.73 Å². The first-order chi connectivity index (χ1) is 9.32. The number of nitrogens with zero attached hydrogens (tertiary/aromatic N) is 2. The Hall–Kier alpha value is -0.630. The number of benzene rings is 1. The fourth-order valence-corrected chi connectivity index (χ4v) is 4.80. The van der Waals surface area contributed by atoms with Gasteiger partial charge in [-0.25, -0.2) is 8.42 Å². The lowest BCUT2D eigenvalue weighted by Crippen LogP contribution is -2.50. The van der Waals surface area contributed by atoms with E-state index in [1.54, 1.807) is 22.5 Å². The summed E-state index contributed by atoms with van der Waals surface area (Å²) in [5.74, 6) is 0. The molecule has 2 N–H and O–H groups in total. The van der Waals surface area contributed by atoms with E-state index >= 15 is 0 Å². The van der Waals surface area contributed by atoms with Crippen molar-refractivity contribution in [2.24, 2.45) is 0 Å². The Kier molecular flexibility index (Phi) is 4.73. The molecule has 0 radical (unpaired) electrons. The molecule has 0 bridgehead atoms. The summed E-state index contributed by atoms with van der Waals surface area (Å²) >= 11 is 3.29. The van der Waals surface area contributed by atoms with Gasteiger partial charge < -0.3 is 5.73 Å². The molecule has 1 saturated heterocycles. The van der Waals surface area contributed by atoms with Crippen molar-refractivity contribution >= 4 is 31.6 Å². The summed E-state index contributed by atoms with van der Waals surface area (Å²) in [4.78, 5) is 2.56. The monoisotopic (exact) mass is 361 g/mol. The number of sulfonamides is 1. The van der Waals surface area contributed by atoms with Gasteiger partial charge in [0.2, 0.25) is 10.0 Å². The maximum absolute atomic E-state index is 12.6. The third-order valence-electron chi connectivity index (χ3n) is 3.58. The molecule has 1 heterocycles. The molecule has 0 saturated carbocycles. The van der Waals surface area contributed by atoms with Crippen LogP contribution in [0, 0.1) is 0 Å². The molecule has 1 aromatic carbocycles. The molecule has 0 spiro atoms. The van der Waals surface area contributed by atoms with Crippen molar-refractivity contribution in [1.29, 1.82) is 0 Å². The third kappa shape index (κ3) is 3.16. The number of nitrogen functional groups attached to an aromatic ring is 1. The maximum atomic E-state index is 12.6. The van der Waals surface area contributed by atoms with Crippen molar-refractivity contribution < 1.29 is 8.42 Å². The molecule has 5 nitrogen and oxygen atoms in total. The Bertz CT molecular complexity index is 581. The summed E-state index contributed by atoms with van der Waals surface area (Å²) in [5.41, 5.74) is 6.20. The second kappa shape index (κ2) is 6.01. The lowest BCUT2D eigenvalue weighted by atomic mass is 10.3. The summed E-state index contributed by atoms with van der Waals surface area (Å²) in [7, 11) is -3.45. The van der Waals surface area contributed by atoms with Crippen molar-refractivity contribution in [1.82, 2.24) is 9.21 Å². The van der Waals surface area contributed by atoms with Gasteiger partial charge in [-0.3, -0.25) is 4.90 Å². The maximum Gasteiger partial charge on any atom is 0.244 e. The third-order valence-corrected chi connectivity index (χ3v) is 6.45. The van der Waals surface area contributed by atoms with Crippen LogP contribution in [0.3, 0.4) is 0 Å². The molecule has 2 rings (SSSR count). The van der Waals surface area contributed by atoms with Crippen LogP contribution in [-0.4, -0.2) is 49.8 Å². The van der Waals surface area contributed by atoms with Gasteiger partial charge in [-0.2, -0.15) is 4.31 Å². The average Bonchev–Trinajstić information content (AvgIpc) is 2.38. The molecule has 7 heteroatoms. The Morgan fingerprint density at radius 2 is 1.80 bits per heavy atom. The summed E-state index contributed by atoms with van der Waals surface area (Å²) in [6, 6.07) is 5.24. The van der Waals surface area contributed by atoms with Crippen LogP contribution in [0.1, 0.15) is 13.8 Å². The van der Waals surface area contributed by atoms with E-state index in [-0.39, 0.29) is 4.90 Å². The zero-order chi connectivity index (χ0) is 14.9. The average molecular weight is 362 g/mol. The van der Waals surface area contributed by atoms with Gasteiger partial charge in [0.1, 0.15) is 0 Å². The minimum atomic E-state index is -3.45. The topological polar surface area (TPSA) is 66.6 Å². The molecular formula is C13H20BrN3O2S. The second-order valence-electron chi connectivity index (χ2n) is 5.22. The van der Waals surface area contributed by atoms with Crippen LogP contribution in [-0.2, 0) is 10.0 Å². The quantitative estimate of drug-likeness (QED) is 0.832. The highest BCUT2D eigenvalue weighted by atomic mass is 79.9. The van der Waals surface area contributed by atoms with E-state index < -0.39 is 10.0 Å². The molecule has 0 unspecified atom stereocenters. The normalized spacial score (nSPS) is 18.6. The molecule has 0 amide bonds. The smallest absolute Gasteiger partial charge is 0.244 e. The van der Waals surface area contributed by atoms with Gasteiger partial charge in [0.25, 0.3) is 0 Å². The fourth-order valence-electron chi connectivity index (χ4n) is 2.33. The fraction of sp³-hybridized carbons (Fsp3) is 0.538. The number of nitrogens with two attached hydrogens (primary N) is 1. The van der Waals surface area contributed by atoms with Gasteiger partial charge in [0, 0.05) is 42.4 Å². The molecule has 1 aromatic rings. The van der Waals surface area contributed by atoms with E-state index in [2.05, 4.69) is 34.7 Å². The molecule has 0 aliphatic carbocycles. The Labute approximate surface area is 128 Å². The predicted molar refractivity (Wildman–Crippen MR) is 84.0 cm³/mol. The Morgan fingerprint density at radius 1 is 1.20 bits per heavy atom. The van der Waals surface area contributed by atoms with Crippen LogP contribution in [0.4, 0.5) is 5.69 Å². The largest absolute Gasteiger partial charge is 0.399 e. The predicted octanol–water partition coefficient (Wildman–Crippen LogP) is 1.75. The van der Waals surface area contributed by atoms with Gasteiger partial charge in [-0.05, 0) is 48.0 Å². The highest BCUT2D eigenvalue weighted by Crippen LogP contribution is 2.27. The van der Waals surface area contributed by atoms with Gasteiger partial charge in [0.15, 0.2) is 0 Å². The van der Waals surface area contributed by atoms with Crippen LogP contribution in [0.25, 0.3) is 0 Å². The number of hydrogen-bond donors (Lipinski definition) is 1. The standard InChI is InChI=1S/C13H20BrN3O2S/c1-10(2)16-5-7-17(8-6-16)20(18,19)13-4-3-11(15)9-12(13)14/h3-4,9-10H,5-8,15H2,1-2H3. The molecule has 0 aromatic heterocycles. The molecular weight excluding hydrogens is 342 g/mol. The SMILES string of the molecule is CC(C)N1CCN(S(=O)(=O)c2ccc(N)cc2Br)CC1. The van der Waals surface area contributed by atoms with E-state index in [0.29, 0.717) is 29.3 Å². The van der Waals surface area contributed by atoms with Gasteiger partial charge >= 0.3 is 0 Å². The molecule has 20 heavy (non-hydrogen) atoms. The molecule has 112 valence electrons. The lowest BCUT2D eigenvalue weighted by Gasteiger charge is -2.36. The number of rotatable bonds is 3. The number of hydrogen-bond acceptors (Lipinski definition) is 4. The highest BCUT2D eigenvalue weighted by molar-refractivity contribution is 9.10. The Morgan fingerprint density at radius 3 is 2.30 bits per heavy atom. The van der Waals surface area contributed by atoms with Crippen LogP contribution in [0.2, 0.25) is 0 Å². The first kappa shape index (κ1) is 15.8. The summed E-state index contributed by atoms with van der Waals surface area (Å²) in [5, 5.41) is 0. The Balaban J connectivity index is 2.20. The molecule has 1 aliphatic rings. The van der Waals surface area contributed by atoms with Crippen molar-refractivity contribution in [3.63, 3.8) is 0 Å². The lowest BCUT2D eigenvalue weighted by molar-refractivity contribution is 0.154. The first-order valence-electron chi connectivity index (χ1n) is 6.61. The van der Waals surface area contributed by atoms with E-state index in [1.807, 2.05) is 0 Å². The minimum Gasteiger partial charge on any atom is -0.399 e. The zero-order valence-electron chi connectivity index (χ0n) is 11.7. The summed E-state index contributed by atoms with van der Waals surface area (Å²) in [6.45, 7) is 6.84. The molecule has 0 atom stereocenters. The van der Waals surface area contributed by atoms with Gasteiger partial charge in [-0.1, -0.05) is 0 Å². The summed E-state index contributed by atoms with van der Waals surface area (Å²) < 4.78 is 27.3. The minimum absolute atomic E-state index is 0.282. The van der Waals surface area contributed by atoms with Crippen LogP contribution in [0.5, 0.6) is 0 Å². The van der Waals surface area contributed by atoms with Crippen molar-refractivity contribution in [2.45, 2.75) is 24.8 Å². The van der Waals surface area contributed by atoms with Crippen molar-refractivity contribution in [2.75, 3.05) is 31.9 Å². The van der Waals surface area contributed by atoms with E-state index in [9.17, 15) is 8.42 Å². The number of piperazine rings is 1. The van der Waals surface area contributed by atoms with E-state index in [1.165, 1.54) is 0 Å². The second-order valence-corrected chi connectivity index (χ2v) is 7.98. The summed E-state index contributed by atoms with van der Waals surface area (Å²) in [6.07, 6.45) is 0. The number of halogens is 1. The molecule has 1 fully saturated rings. The zero-order valence-corrected chi connectivity index (χ0v) is 14.1. The van der Waals surface area contributed by atoms with E-state index in [0.717, 1.165) is 13.1 Å². The van der Waals surface area contributed by atoms with Crippen LogP contribution < -0.4 is 5.73 Å². The van der Waals surface area contributed by atoms with Crippen molar-refractivity contribution in [3.05, 3.63) is 22.7 Å². The molecule has 1 aliphatic heterocycles.